The van der Waals surface area contributed by atoms with E-state index in [1.54, 1.807) is 11.8 Å². The standard InChI is InChI=1S/C16H20N4O3/c1-10-7-11(2)19-16(18-10)22-13-5-4-6-20(9-13)15(21)14-8-17-23-12(14)3/h7-8,13H,4-6,9H2,1-3H3. The molecular weight excluding hydrogens is 296 g/mol. The highest BCUT2D eigenvalue weighted by Crippen LogP contribution is 2.19. The van der Waals surface area contributed by atoms with Crippen LogP contribution in [0.2, 0.25) is 0 Å². The third-order valence-corrected chi connectivity index (χ3v) is 3.88. The summed E-state index contributed by atoms with van der Waals surface area (Å²) in [5.74, 6) is 0.467. The second-order valence-corrected chi connectivity index (χ2v) is 5.86. The van der Waals surface area contributed by atoms with Gasteiger partial charge in [0.2, 0.25) is 0 Å². The fraction of sp³-hybridized carbons (Fsp3) is 0.500. The van der Waals surface area contributed by atoms with Crippen molar-refractivity contribution >= 4 is 5.91 Å². The van der Waals surface area contributed by atoms with Crippen LogP contribution in [-0.4, -0.2) is 45.1 Å². The van der Waals surface area contributed by atoms with Gasteiger partial charge in [0.25, 0.3) is 5.91 Å². The molecule has 1 unspecified atom stereocenters. The summed E-state index contributed by atoms with van der Waals surface area (Å²) < 4.78 is 10.9. The van der Waals surface area contributed by atoms with Crippen LogP contribution in [-0.2, 0) is 0 Å². The van der Waals surface area contributed by atoms with E-state index in [0.29, 0.717) is 30.4 Å². The van der Waals surface area contributed by atoms with Crippen LogP contribution in [0.1, 0.15) is 40.3 Å². The maximum Gasteiger partial charge on any atom is 0.317 e. The second kappa shape index (κ2) is 6.36. The van der Waals surface area contributed by atoms with Gasteiger partial charge in [-0.15, -0.1) is 0 Å². The zero-order chi connectivity index (χ0) is 16.4. The first-order valence-electron chi connectivity index (χ1n) is 7.72. The number of piperidine rings is 1. The average molecular weight is 316 g/mol. The van der Waals surface area contributed by atoms with Crippen molar-refractivity contribution in [3.8, 4) is 6.01 Å². The summed E-state index contributed by atoms with van der Waals surface area (Å²) in [6, 6.07) is 2.28. The van der Waals surface area contributed by atoms with Crippen LogP contribution in [0.15, 0.2) is 16.8 Å². The highest BCUT2D eigenvalue weighted by atomic mass is 16.5. The van der Waals surface area contributed by atoms with Crippen LogP contribution in [0.4, 0.5) is 0 Å². The second-order valence-electron chi connectivity index (χ2n) is 5.86. The highest BCUT2D eigenvalue weighted by molar-refractivity contribution is 5.94. The molecule has 23 heavy (non-hydrogen) atoms. The number of aromatic nitrogens is 3. The van der Waals surface area contributed by atoms with E-state index in [2.05, 4.69) is 15.1 Å². The fourth-order valence-corrected chi connectivity index (χ4v) is 2.79. The molecule has 1 atom stereocenters. The van der Waals surface area contributed by atoms with Crippen LogP contribution in [0.5, 0.6) is 6.01 Å². The summed E-state index contributed by atoms with van der Waals surface area (Å²) in [6.07, 6.45) is 3.12. The normalized spacial score (nSPS) is 18.0. The molecule has 0 radical (unpaired) electrons. The number of ether oxygens (including phenoxy) is 1. The lowest BCUT2D eigenvalue weighted by molar-refractivity contribution is 0.0513. The molecule has 0 N–H and O–H groups in total. The molecule has 0 bridgehead atoms. The van der Waals surface area contributed by atoms with Crippen molar-refractivity contribution < 1.29 is 14.1 Å². The SMILES string of the molecule is Cc1cc(C)nc(OC2CCCN(C(=O)c3cnoc3C)C2)n1. The van der Waals surface area contributed by atoms with Gasteiger partial charge in [-0.1, -0.05) is 5.16 Å². The van der Waals surface area contributed by atoms with Crippen molar-refractivity contribution in [2.75, 3.05) is 13.1 Å². The molecule has 2 aromatic rings. The number of hydrogen-bond acceptors (Lipinski definition) is 6. The number of nitrogens with zero attached hydrogens (tertiary/aromatic N) is 4. The van der Waals surface area contributed by atoms with Gasteiger partial charge in [-0.3, -0.25) is 4.79 Å². The molecular formula is C16H20N4O3. The number of rotatable bonds is 3. The molecule has 0 spiro atoms. The molecule has 1 saturated heterocycles. The zero-order valence-electron chi connectivity index (χ0n) is 13.6. The van der Waals surface area contributed by atoms with Gasteiger partial charge in [0.1, 0.15) is 17.4 Å². The topological polar surface area (TPSA) is 81.4 Å². The van der Waals surface area contributed by atoms with Crippen molar-refractivity contribution in [2.45, 2.75) is 39.7 Å². The molecule has 3 rings (SSSR count). The molecule has 3 heterocycles. The predicted octanol–water partition coefficient (Wildman–Crippen LogP) is 2.07. The number of amides is 1. The van der Waals surface area contributed by atoms with Crippen molar-refractivity contribution in [1.29, 1.82) is 0 Å². The van der Waals surface area contributed by atoms with Crippen LogP contribution in [0.25, 0.3) is 0 Å². The smallest absolute Gasteiger partial charge is 0.317 e. The Morgan fingerprint density at radius 3 is 2.70 bits per heavy atom. The molecule has 0 saturated carbocycles. The van der Waals surface area contributed by atoms with Gasteiger partial charge in [-0.25, -0.2) is 9.97 Å². The van der Waals surface area contributed by atoms with E-state index in [1.807, 2.05) is 19.9 Å². The molecule has 1 aliphatic rings. The lowest BCUT2D eigenvalue weighted by Gasteiger charge is -2.32. The Morgan fingerprint density at radius 1 is 1.30 bits per heavy atom. The third kappa shape index (κ3) is 3.49. The van der Waals surface area contributed by atoms with Gasteiger partial charge < -0.3 is 14.2 Å². The summed E-state index contributed by atoms with van der Waals surface area (Å²) in [5, 5.41) is 3.67. The Hall–Kier alpha value is -2.44. The van der Waals surface area contributed by atoms with Gasteiger partial charge in [0.15, 0.2) is 0 Å². The number of aryl methyl sites for hydroxylation is 3. The van der Waals surface area contributed by atoms with Gasteiger partial charge in [0.05, 0.1) is 12.7 Å². The van der Waals surface area contributed by atoms with Gasteiger partial charge >= 0.3 is 6.01 Å². The Labute approximate surface area is 134 Å². The predicted molar refractivity (Wildman–Crippen MR) is 82.3 cm³/mol. The Morgan fingerprint density at radius 2 is 2.04 bits per heavy atom. The first kappa shape index (κ1) is 15.5. The van der Waals surface area contributed by atoms with Crippen LogP contribution in [0.3, 0.4) is 0 Å². The molecule has 1 fully saturated rings. The number of carbonyl (C=O) groups excluding carboxylic acids is 1. The minimum Gasteiger partial charge on any atom is -0.458 e. The molecule has 1 amide bonds. The van der Waals surface area contributed by atoms with E-state index in [9.17, 15) is 4.79 Å². The molecule has 1 aliphatic heterocycles. The van der Waals surface area contributed by atoms with Crippen LogP contribution < -0.4 is 4.74 Å². The Kier molecular flexibility index (Phi) is 4.27. The number of likely N-dealkylation sites (tertiary alicyclic amines) is 1. The average Bonchev–Trinajstić information content (AvgIpc) is 2.92. The Bertz CT molecular complexity index is 693. The summed E-state index contributed by atoms with van der Waals surface area (Å²) >= 11 is 0. The van der Waals surface area contributed by atoms with E-state index in [1.165, 1.54) is 6.20 Å². The maximum atomic E-state index is 12.5. The first-order valence-corrected chi connectivity index (χ1v) is 7.72. The van der Waals surface area contributed by atoms with Crippen molar-refractivity contribution in [1.82, 2.24) is 20.0 Å². The highest BCUT2D eigenvalue weighted by Gasteiger charge is 2.28. The lowest BCUT2D eigenvalue weighted by atomic mass is 10.1. The van der Waals surface area contributed by atoms with E-state index < -0.39 is 0 Å². The zero-order valence-corrected chi connectivity index (χ0v) is 13.6. The largest absolute Gasteiger partial charge is 0.458 e. The van der Waals surface area contributed by atoms with Crippen LogP contribution in [0, 0.1) is 20.8 Å². The van der Waals surface area contributed by atoms with E-state index in [0.717, 1.165) is 24.2 Å². The number of carbonyl (C=O) groups is 1. The van der Waals surface area contributed by atoms with E-state index >= 15 is 0 Å². The van der Waals surface area contributed by atoms with Crippen molar-refractivity contribution in [3.05, 3.63) is 35.0 Å². The minimum atomic E-state index is -0.103. The molecule has 122 valence electrons. The minimum absolute atomic E-state index is 0.0709. The fourth-order valence-electron chi connectivity index (χ4n) is 2.79. The van der Waals surface area contributed by atoms with Gasteiger partial charge in [-0.05, 0) is 39.7 Å². The quantitative estimate of drug-likeness (QED) is 0.862. The molecule has 2 aromatic heterocycles. The van der Waals surface area contributed by atoms with Crippen molar-refractivity contribution in [3.63, 3.8) is 0 Å². The molecule has 7 heteroatoms. The van der Waals surface area contributed by atoms with Gasteiger partial charge in [-0.2, -0.15) is 0 Å². The summed E-state index contributed by atoms with van der Waals surface area (Å²) in [6.45, 7) is 6.78. The first-order chi connectivity index (χ1) is 11.0. The summed E-state index contributed by atoms with van der Waals surface area (Å²) in [7, 11) is 0. The molecule has 7 nitrogen and oxygen atoms in total. The maximum absolute atomic E-state index is 12.5. The monoisotopic (exact) mass is 316 g/mol. The van der Waals surface area contributed by atoms with Gasteiger partial charge in [0, 0.05) is 17.9 Å². The third-order valence-electron chi connectivity index (χ3n) is 3.88. The summed E-state index contributed by atoms with van der Waals surface area (Å²) in [5.41, 5.74) is 2.25. The van der Waals surface area contributed by atoms with Crippen molar-refractivity contribution in [2.24, 2.45) is 0 Å². The van der Waals surface area contributed by atoms with Crippen LogP contribution >= 0.6 is 0 Å². The summed E-state index contributed by atoms with van der Waals surface area (Å²) in [4.78, 5) is 22.9. The number of hydrogen-bond donors (Lipinski definition) is 0. The van der Waals surface area contributed by atoms with E-state index in [4.69, 9.17) is 9.26 Å². The lowest BCUT2D eigenvalue weighted by Crippen LogP contribution is -2.44. The molecule has 0 aliphatic carbocycles. The molecule has 0 aromatic carbocycles. The van der Waals surface area contributed by atoms with E-state index in [-0.39, 0.29) is 12.0 Å². The Balaban J connectivity index is 1.68.